The van der Waals surface area contributed by atoms with Crippen molar-refractivity contribution in [3.05, 3.63) is 76.4 Å². The van der Waals surface area contributed by atoms with E-state index in [1.165, 1.54) is 46.6 Å². The lowest BCUT2D eigenvalue weighted by atomic mass is 10.2. The summed E-state index contributed by atoms with van der Waals surface area (Å²) in [5.74, 6) is -1.00. The van der Waals surface area contributed by atoms with E-state index in [2.05, 4.69) is 4.98 Å². The molecule has 1 amide bonds. The van der Waals surface area contributed by atoms with Crippen molar-refractivity contribution >= 4 is 55.5 Å². The molecule has 0 saturated carbocycles. The van der Waals surface area contributed by atoms with Crippen LogP contribution in [0, 0.1) is 5.82 Å². The number of carbonyl (C=O) groups is 2. The van der Waals surface area contributed by atoms with E-state index in [1.54, 1.807) is 17.5 Å². The maximum absolute atomic E-state index is 13.3. The van der Waals surface area contributed by atoms with Gasteiger partial charge in [0.15, 0.2) is 5.13 Å². The molecule has 0 N–H and O–H groups in total. The normalized spacial score (nSPS) is 10.8. The van der Waals surface area contributed by atoms with Crippen molar-refractivity contribution in [2.24, 2.45) is 0 Å². The van der Waals surface area contributed by atoms with Gasteiger partial charge >= 0.3 is 5.97 Å². The van der Waals surface area contributed by atoms with Crippen LogP contribution in [0.2, 0.25) is 0 Å². The summed E-state index contributed by atoms with van der Waals surface area (Å²) in [4.78, 5) is 30.8. The molecule has 0 bridgehead atoms. The number of esters is 1. The first kappa shape index (κ1) is 19.2. The van der Waals surface area contributed by atoms with E-state index in [-0.39, 0.29) is 18.3 Å². The van der Waals surface area contributed by atoms with Crippen LogP contribution in [0.15, 0.2) is 60.0 Å². The van der Waals surface area contributed by atoms with Gasteiger partial charge in [-0.15, -0.1) is 22.7 Å². The molecule has 2 heterocycles. The van der Waals surface area contributed by atoms with Crippen LogP contribution in [0.5, 0.6) is 0 Å². The number of hydrogen-bond donors (Lipinski definition) is 0. The summed E-state index contributed by atoms with van der Waals surface area (Å²) in [6, 6.07) is 15.2. The van der Waals surface area contributed by atoms with Crippen molar-refractivity contribution in [1.29, 1.82) is 0 Å². The molecule has 4 rings (SSSR count). The Bertz CT molecular complexity index is 1190. The Hall–Kier alpha value is -3.10. The third-order valence-electron chi connectivity index (χ3n) is 4.09. The van der Waals surface area contributed by atoms with Gasteiger partial charge in [-0.1, -0.05) is 18.2 Å². The second-order valence-electron chi connectivity index (χ2n) is 6.18. The van der Waals surface area contributed by atoms with E-state index in [9.17, 15) is 14.0 Å². The smallest absolute Gasteiger partial charge is 0.348 e. The monoisotopic (exact) mass is 426 g/mol. The number of para-hydroxylation sites is 1. The van der Waals surface area contributed by atoms with Crippen LogP contribution in [0.25, 0.3) is 10.1 Å². The summed E-state index contributed by atoms with van der Waals surface area (Å²) >= 11 is 2.55. The fraction of sp³-hybridized carbons (Fsp3) is 0.0952. The van der Waals surface area contributed by atoms with Crippen LogP contribution in [-0.4, -0.2) is 16.9 Å². The number of benzene rings is 2. The molecule has 5 nitrogen and oxygen atoms in total. The van der Waals surface area contributed by atoms with Gasteiger partial charge in [0.05, 0.1) is 11.4 Å². The third kappa shape index (κ3) is 4.18. The number of fused-ring (bicyclic) bond motifs is 1. The topological polar surface area (TPSA) is 59.5 Å². The number of ether oxygens (including phenoxy) is 1. The van der Waals surface area contributed by atoms with Gasteiger partial charge in [0.1, 0.15) is 17.3 Å². The van der Waals surface area contributed by atoms with Gasteiger partial charge in [-0.3, -0.25) is 9.69 Å². The summed E-state index contributed by atoms with van der Waals surface area (Å²) in [6.45, 7) is 1.46. The van der Waals surface area contributed by atoms with Gasteiger partial charge in [0.2, 0.25) is 5.91 Å². The van der Waals surface area contributed by atoms with E-state index in [4.69, 9.17) is 4.74 Å². The van der Waals surface area contributed by atoms with E-state index in [0.717, 1.165) is 10.4 Å². The molecule has 0 unspecified atom stereocenters. The molecular formula is C21H15FN2O3S2. The number of rotatable bonds is 5. The highest BCUT2D eigenvalue weighted by molar-refractivity contribution is 7.20. The van der Waals surface area contributed by atoms with Crippen molar-refractivity contribution < 1.29 is 18.7 Å². The molecule has 0 saturated heterocycles. The maximum Gasteiger partial charge on any atom is 0.348 e. The Morgan fingerprint density at radius 2 is 1.93 bits per heavy atom. The summed E-state index contributed by atoms with van der Waals surface area (Å²) in [6.07, 6.45) is 0. The van der Waals surface area contributed by atoms with Crippen molar-refractivity contribution in [2.75, 3.05) is 4.90 Å². The molecule has 2 aromatic heterocycles. The largest absolute Gasteiger partial charge is 0.455 e. The lowest BCUT2D eigenvalue weighted by Crippen LogP contribution is -2.22. The number of amides is 1. The molecule has 146 valence electrons. The van der Waals surface area contributed by atoms with Crippen LogP contribution in [-0.2, 0) is 16.1 Å². The number of carbonyl (C=O) groups excluding carboxylic acids is 2. The number of anilines is 2. The minimum atomic E-state index is -0.493. The predicted octanol–water partition coefficient (Wildman–Crippen LogP) is 5.54. The van der Waals surface area contributed by atoms with E-state index in [0.29, 0.717) is 21.1 Å². The maximum atomic E-state index is 13.3. The fourth-order valence-electron chi connectivity index (χ4n) is 2.79. The number of thiophene rings is 1. The minimum absolute atomic E-state index is 0.0154. The van der Waals surface area contributed by atoms with E-state index in [1.807, 2.05) is 30.3 Å². The Kier molecular flexibility index (Phi) is 5.37. The van der Waals surface area contributed by atoms with E-state index < -0.39 is 5.97 Å². The molecule has 0 spiro atoms. The molecule has 0 fully saturated rings. The number of thiazole rings is 1. The molecule has 8 heteroatoms. The zero-order valence-corrected chi connectivity index (χ0v) is 16.9. The van der Waals surface area contributed by atoms with Gasteiger partial charge < -0.3 is 4.74 Å². The molecule has 0 aliphatic heterocycles. The lowest BCUT2D eigenvalue weighted by molar-refractivity contribution is -0.115. The van der Waals surface area contributed by atoms with Crippen LogP contribution in [0.3, 0.4) is 0 Å². The van der Waals surface area contributed by atoms with Crippen molar-refractivity contribution in [2.45, 2.75) is 13.5 Å². The fourth-order valence-corrected chi connectivity index (χ4v) is 4.60. The average Bonchev–Trinajstić information content (AvgIpc) is 3.33. The Labute approximate surface area is 174 Å². The molecule has 29 heavy (non-hydrogen) atoms. The molecule has 4 aromatic rings. The number of hydrogen-bond acceptors (Lipinski definition) is 6. The highest BCUT2D eigenvalue weighted by Gasteiger charge is 2.19. The van der Waals surface area contributed by atoms with Gasteiger partial charge in [-0.05, 0) is 41.8 Å². The molecule has 0 atom stereocenters. The van der Waals surface area contributed by atoms with Gasteiger partial charge in [-0.2, -0.15) is 0 Å². The first-order chi connectivity index (χ1) is 14.0. The number of aromatic nitrogens is 1. The molecular weight excluding hydrogens is 411 g/mol. The minimum Gasteiger partial charge on any atom is -0.455 e. The Morgan fingerprint density at radius 3 is 2.69 bits per heavy atom. The highest BCUT2D eigenvalue weighted by Crippen LogP contribution is 2.30. The second-order valence-corrected chi connectivity index (χ2v) is 8.10. The van der Waals surface area contributed by atoms with Crippen LogP contribution in [0.4, 0.5) is 15.2 Å². The number of nitrogens with zero attached hydrogens (tertiary/aromatic N) is 2. The van der Waals surface area contributed by atoms with Crippen LogP contribution in [0.1, 0.15) is 22.3 Å². The van der Waals surface area contributed by atoms with Crippen molar-refractivity contribution in [3.8, 4) is 0 Å². The summed E-state index contributed by atoms with van der Waals surface area (Å²) < 4.78 is 19.5. The zero-order valence-electron chi connectivity index (χ0n) is 15.3. The molecule has 0 radical (unpaired) electrons. The van der Waals surface area contributed by atoms with Crippen molar-refractivity contribution in [1.82, 2.24) is 4.98 Å². The Morgan fingerprint density at radius 1 is 1.14 bits per heavy atom. The predicted molar refractivity (Wildman–Crippen MR) is 112 cm³/mol. The van der Waals surface area contributed by atoms with Gasteiger partial charge in [0.25, 0.3) is 0 Å². The van der Waals surface area contributed by atoms with Gasteiger partial charge in [-0.25, -0.2) is 14.2 Å². The first-order valence-electron chi connectivity index (χ1n) is 8.67. The highest BCUT2D eigenvalue weighted by atomic mass is 32.1. The van der Waals surface area contributed by atoms with Gasteiger partial charge in [0, 0.05) is 17.0 Å². The summed E-state index contributed by atoms with van der Waals surface area (Å²) in [7, 11) is 0. The molecule has 0 aliphatic carbocycles. The van der Waals surface area contributed by atoms with E-state index >= 15 is 0 Å². The SMILES string of the molecule is CC(=O)N(c1ccccc1)c1nc(COC(=O)c2cc3cc(F)ccc3s2)cs1. The molecule has 2 aromatic carbocycles. The average molecular weight is 426 g/mol. The zero-order chi connectivity index (χ0) is 20.4. The standard InChI is InChI=1S/C21H15FN2O3S2/c1-13(25)24(17-5-3-2-4-6-17)21-23-16(12-28-21)11-27-20(26)19-10-14-9-15(22)7-8-18(14)29-19/h2-10,12H,11H2,1H3. The van der Waals surface area contributed by atoms with Crippen LogP contribution < -0.4 is 4.90 Å². The van der Waals surface area contributed by atoms with Crippen molar-refractivity contribution in [3.63, 3.8) is 0 Å². The summed E-state index contributed by atoms with van der Waals surface area (Å²) in [5.41, 5.74) is 1.27. The molecule has 0 aliphatic rings. The second kappa shape index (κ2) is 8.10. The Balaban J connectivity index is 1.47. The lowest BCUT2D eigenvalue weighted by Gasteiger charge is -2.17. The first-order valence-corrected chi connectivity index (χ1v) is 10.4. The summed E-state index contributed by atoms with van der Waals surface area (Å²) in [5, 5.41) is 2.92. The quantitative estimate of drug-likeness (QED) is 0.393. The third-order valence-corrected chi connectivity index (χ3v) is 6.06. The van der Waals surface area contributed by atoms with Crippen LogP contribution >= 0.6 is 22.7 Å². The number of halogens is 1.